The molecule has 0 bridgehead atoms. The van der Waals surface area contributed by atoms with Gasteiger partial charge in [0, 0.05) is 0 Å². The van der Waals surface area contributed by atoms with Crippen LogP contribution in [-0.4, -0.2) is 37.0 Å². The van der Waals surface area contributed by atoms with Crippen LogP contribution in [0.4, 0.5) is 26.3 Å². The molecule has 33 heavy (non-hydrogen) atoms. The van der Waals surface area contributed by atoms with Crippen molar-refractivity contribution in [2.75, 3.05) is 0 Å². The van der Waals surface area contributed by atoms with E-state index in [-0.39, 0.29) is 0 Å². The zero-order valence-electron chi connectivity index (χ0n) is 17.9. The van der Waals surface area contributed by atoms with Gasteiger partial charge in [-0.2, -0.15) is 26.3 Å². The summed E-state index contributed by atoms with van der Waals surface area (Å²) in [7, 11) is -12.2. The predicted octanol–water partition coefficient (Wildman–Crippen LogP) is 5.34. The molecule has 15 heteroatoms. The molecule has 2 unspecified atom stereocenters. The standard InChI is InChI=1S/2C8H11.2CHF3O3S.Zr/c2*1-3-8-5-4-7(2)6-8;2*2-1(3,4)8(5,6)7;/h2*4-6H,3H2,1-2H3;2*(H,5,6,7);/q;;;;+2/p-2. The molecular formula is C18H22F6O6S2Zr. The van der Waals surface area contributed by atoms with Crippen LogP contribution in [0.15, 0.2) is 47.6 Å². The van der Waals surface area contributed by atoms with Crippen molar-refractivity contribution in [2.45, 2.75) is 57.8 Å². The summed E-state index contributed by atoms with van der Waals surface area (Å²) >= 11 is -0.555. The number of rotatable bonds is 4. The first-order valence-corrected chi connectivity index (χ1v) is 14.4. The smallest absolute Gasteiger partial charge is 0.485 e. The number of allylic oxidation sites excluding steroid dienone is 8. The quantitative estimate of drug-likeness (QED) is 0.243. The molecule has 0 radical (unpaired) electrons. The summed E-state index contributed by atoms with van der Waals surface area (Å²) in [5.74, 6) is 0. The Morgan fingerprint density at radius 2 is 1.00 bits per heavy atom. The molecule has 2 atom stereocenters. The fraction of sp³-hybridized carbons (Fsp3) is 0.556. The summed E-state index contributed by atoms with van der Waals surface area (Å²) in [4.78, 5) is 0. The van der Waals surface area contributed by atoms with Crippen molar-refractivity contribution in [1.29, 1.82) is 0 Å². The first-order valence-electron chi connectivity index (χ1n) is 9.14. The number of halogens is 6. The van der Waals surface area contributed by atoms with Gasteiger partial charge in [-0.1, -0.05) is 0 Å². The van der Waals surface area contributed by atoms with Gasteiger partial charge in [-0.3, -0.25) is 0 Å². The SMILES string of the molecule is CCC1=C[C](C)([Zr+2][C]2(C)C=CC(CC)=C2)C=C1.O=S(=O)([O-])C(F)(F)F.O=S(=O)([O-])C(F)(F)F. The second kappa shape index (κ2) is 11.3. The van der Waals surface area contributed by atoms with Gasteiger partial charge in [0.1, 0.15) is 0 Å². The molecule has 0 aromatic rings. The van der Waals surface area contributed by atoms with Gasteiger partial charge >= 0.3 is 129 Å². The average Bonchev–Trinajstić information content (AvgIpc) is 3.15. The van der Waals surface area contributed by atoms with Gasteiger partial charge in [0.25, 0.3) is 0 Å². The zero-order chi connectivity index (χ0) is 26.5. The van der Waals surface area contributed by atoms with Crippen LogP contribution in [0.25, 0.3) is 0 Å². The van der Waals surface area contributed by atoms with Crippen LogP contribution in [0.2, 0.25) is 6.25 Å². The molecule has 0 saturated heterocycles. The second-order valence-corrected chi connectivity index (χ2v) is 16.0. The average molecular weight is 604 g/mol. The molecule has 2 aliphatic rings. The third-order valence-corrected chi connectivity index (χ3v) is 9.49. The van der Waals surface area contributed by atoms with Crippen molar-refractivity contribution in [3.63, 3.8) is 0 Å². The molecule has 0 fully saturated rings. The fourth-order valence-corrected chi connectivity index (χ4v) is 7.64. The summed E-state index contributed by atoms with van der Waals surface area (Å²) in [6, 6.07) is 0. The van der Waals surface area contributed by atoms with Crippen molar-refractivity contribution in [2.24, 2.45) is 0 Å². The van der Waals surface area contributed by atoms with E-state index in [4.69, 9.17) is 25.9 Å². The van der Waals surface area contributed by atoms with Crippen LogP contribution >= 0.6 is 0 Å². The minimum Gasteiger partial charge on any atom is -0.741 e. The Labute approximate surface area is 200 Å². The van der Waals surface area contributed by atoms with E-state index in [0.29, 0.717) is 6.25 Å². The number of alkyl halides is 6. The van der Waals surface area contributed by atoms with Crippen LogP contribution in [0.1, 0.15) is 40.5 Å². The third kappa shape index (κ3) is 11.0. The normalized spacial score (nSPS) is 24.7. The van der Waals surface area contributed by atoms with Crippen LogP contribution in [-0.2, 0) is 43.5 Å². The maximum Gasteiger partial charge on any atom is 0.485 e. The van der Waals surface area contributed by atoms with Gasteiger partial charge < -0.3 is 9.11 Å². The Balaban J connectivity index is 0.000000539. The van der Waals surface area contributed by atoms with Crippen molar-refractivity contribution in [3.05, 3.63) is 47.6 Å². The maximum atomic E-state index is 10.7. The molecule has 0 heterocycles. The Morgan fingerprint density at radius 3 is 1.15 bits per heavy atom. The third-order valence-electron chi connectivity index (χ3n) is 4.18. The van der Waals surface area contributed by atoms with Gasteiger partial charge in [0.2, 0.25) is 0 Å². The van der Waals surface area contributed by atoms with E-state index < -0.39 is 54.5 Å². The van der Waals surface area contributed by atoms with E-state index in [1.165, 1.54) is 24.0 Å². The summed E-state index contributed by atoms with van der Waals surface area (Å²) in [6.45, 7) is 9.35. The van der Waals surface area contributed by atoms with E-state index >= 15 is 0 Å². The van der Waals surface area contributed by atoms with Crippen molar-refractivity contribution >= 4 is 20.2 Å². The predicted molar refractivity (Wildman–Crippen MR) is 103 cm³/mol. The molecule has 2 rings (SSSR count). The molecule has 0 aromatic carbocycles. The van der Waals surface area contributed by atoms with Crippen LogP contribution in [0, 0.1) is 0 Å². The summed E-state index contributed by atoms with van der Waals surface area (Å²) in [5, 5.41) is 0. The molecule has 0 N–H and O–H groups in total. The van der Waals surface area contributed by atoms with Crippen LogP contribution in [0.3, 0.4) is 0 Å². The van der Waals surface area contributed by atoms with Crippen molar-refractivity contribution in [3.8, 4) is 0 Å². The van der Waals surface area contributed by atoms with E-state index in [1.54, 1.807) is 0 Å². The Kier molecular flexibility index (Phi) is 11.1. The monoisotopic (exact) mass is 602 g/mol. The summed E-state index contributed by atoms with van der Waals surface area (Å²) in [5.41, 5.74) is -8.24. The molecule has 0 spiro atoms. The van der Waals surface area contributed by atoms with E-state index in [1.807, 2.05) is 0 Å². The molecule has 0 saturated carbocycles. The summed E-state index contributed by atoms with van der Waals surface area (Å²) in [6.07, 6.45) is 17.0. The molecule has 0 aliphatic heterocycles. The maximum absolute atomic E-state index is 10.7. The number of hydrogen-bond acceptors (Lipinski definition) is 6. The minimum absolute atomic E-state index is 0.410. The molecule has 188 valence electrons. The molecule has 0 aromatic heterocycles. The second-order valence-electron chi connectivity index (χ2n) is 7.30. The van der Waals surface area contributed by atoms with Crippen molar-refractivity contribution in [1.82, 2.24) is 0 Å². The van der Waals surface area contributed by atoms with Crippen LogP contribution < -0.4 is 0 Å². The molecule has 6 nitrogen and oxygen atoms in total. The Bertz CT molecular complexity index is 944. The van der Waals surface area contributed by atoms with Gasteiger partial charge in [-0.15, -0.1) is 0 Å². The van der Waals surface area contributed by atoms with Gasteiger partial charge in [0.15, 0.2) is 20.2 Å². The summed E-state index contributed by atoms with van der Waals surface area (Å²) < 4.78 is 119. The van der Waals surface area contributed by atoms with Gasteiger partial charge in [-0.05, 0) is 0 Å². The largest absolute Gasteiger partial charge is 0.741 e. The van der Waals surface area contributed by atoms with E-state index in [0.717, 1.165) is 0 Å². The van der Waals surface area contributed by atoms with Gasteiger partial charge in [0.05, 0.1) is 0 Å². The zero-order valence-corrected chi connectivity index (χ0v) is 22.0. The van der Waals surface area contributed by atoms with Crippen molar-refractivity contribution < 1.29 is 75.5 Å². The topological polar surface area (TPSA) is 114 Å². The van der Waals surface area contributed by atoms with Crippen LogP contribution in [0.5, 0.6) is 0 Å². The minimum atomic E-state index is -6.09. The first-order chi connectivity index (χ1) is 14.5. The molecular weight excluding hydrogens is 582 g/mol. The molecule has 2 aliphatic carbocycles. The fourth-order valence-electron chi connectivity index (χ4n) is 2.70. The Morgan fingerprint density at radius 1 is 0.758 bits per heavy atom. The first kappa shape index (κ1) is 32.2. The van der Waals surface area contributed by atoms with E-state index in [2.05, 4.69) is 64.2 Å². The van der Waals surface area contributed by atoms with Gasteiger partial charge in [-0.25, -0.2) is 16.8 Å². The Hall–Kier alpha value is -0.757. The van der Waals surface area contributed by atoms with E-state index in [9.17, 15) is 26.3 Å². The molecule has 0 amide bonds. The number of hydrogen-bond donors (Lipinski definition) is 0.